The van der Waals surface area contributed by atoms with E-state index in [1.165, 1.54) is 0 Å². The minimum absolute atomic E-state index is 0.0751. The van der Waals surface area contributed by atoms with E-state index in [1.807, 2.05) is 27.0 Å². The van der Waals surface area contributed by atoms with E-state index >= 15 is 0 Å². The molecule has 0 spiro atoms. The Balaban J connectivity index is 1.55. The van der Waals surface area contributed by atoms with Crippen LogP contribution < -0.4 is 10.1 Å². The third-order valence-electron chi connectivity index (χ3n) is 4.38. The maximum atomic E-state index is 12.3. The van der Waals surface area contributed by atoms with Gasteiger partial charge in [-0.3, -0.25) is 14.3 Å². The summed E-state index contributed by atoms with van der Waals surface area (Å²) in [4.78, 5) is 28.9. The van der Waals surface area contributed by atoms with Crippen LogP contribution in [-0.4, -0.2) is 33.1 Å². The van der Waals surface area contributed by atoms with Gasteiger partial charge in [-0.2, -0.15) is 5.10 Å². The summed E-state index contributed by atoms with van der Waals surface area (Å²) in [7, 11) is 1.83. The highest BCUT2D eigenvalue weighted by Gasteiger charge is 2.12. The van der Waals surface area contributed by atoms with Crippen LogP contribution in [0.3, 0.4) is 0 Å². The van der Waals surface area contributed by atoms with Gasteiger partial charge >= 0.3 is 0 Å². The average Bonchev–Trinajstić information content (AvgIpc) is 2.98. The molecule has 1 aromatic carbocycles. The van der Waals surface area contributed by atoms with Crippen molar-refractivity contribution in [1.29, 1.82) is 0 Å². The lowest BCUT2D eigenvalue weighted by molar-refractivity contribution is -0.116. The molecule has 0 unspecified atom stereocenters. The summed E-state index contributed by atoms with van der Waals surface area (Å²) in [6, 6.07) is 8.86. The Morgan fingerprint density at radius 1 is 1.18 bits per heavy atom. The number of rotatable bonds is 8. The predicted octanol–water partition coefficient (Wildman–Crippen LogP) is 3.67. The zero-order valence-electron chi connectivity index (χ0n) is 16.4. The highest BCUT2D eigenvalue weighted by Crippen LogP contribution is 2.20. The molecule has 0 saturated heterocycles. The lowest BCUT2D eigenvalue weighted by atomic mass is 10.1. The molecule has 3 aromatic rings. The summed E-state index contributed by atoms with van der Waals surface area (Å²) < 4.78 is 7.21. The van der Waals surface area contributed by atoms with Crippen molar-refractivity contribution < 1.29 is 14.3 Å². The summed E-state index contributed by atoms with van der Waals surface area (Å²) in [6.07, 6.45) is 2.77. The molecular weight excluding hydrogens is 356 g/mol. The molecule has 0 aliphatic heterocycles. The molecule has 0 atom stereocenters. The van der Waals surface area contributed by atoms with Crippen LogP contribution in [0.5, 0.6) is 5.75 Å². The van der Waals surface area contributed by atoms with Crippen molar-refractivity contribution in [2.75, 3.05) is 11.9 Å². The topological polar surface area (TPSA) is 86.1 Å². The van der Waals surface area contributed by atoms with Crippen molar-refractivity contribution in [3.05, 3.63) is 47.8 Å². The summed E-state index contributed by atoms with van der Waals surface area (Å²) in [5.74, 6) is 0.442. The van der Waals surface area contributed by atoms with Gasteiger partial charge in [-0.05, 0) is 43.7 Å². The molecule has 0 aliphatic rings. The van der Waals surface area contributed by atoms with Crippen LogP contribution in [0.25, 0.3) is 11.0 Å². The molecule has 0 fully saturated rings. The Labute approximate surface area is 163 Å². The second-order valence-electron chi connectivity index (χ2n) is 6.65. The molecule has 2 heterocycles. The standard InChI is InChI=1S/C21H24N4O3/c1-4-11-28-17-7-5-15(6-8-17)19(26)9-10-20(27)23-16-12-18-14(2)24-25(3)21(18)22-13-16/h5-8,12-13H,4,9-11H2,1-3H3,(H,23,27). The number of aryl methyl sites for hydroxylation is 2. The van der Waals surface area contributed by atoms with Crippen molar-refractivity contribution in [1.82, 2.24) is 14.8 Å². The molecule has 28 heavy (non-hydrogen) atoms. The molecule has 0 aliphatic carbocycles. The molecule has 0 radical (unpaired) electrons. The number of Topliss-reactive ketones (excluding diaryl/α,β-unsaturated/α-hetero) is 1. The molecule has 146 valence electrons. The number of amides is 1. The van der Waals surface area contributed by atoms with Gasteiger partial charge in [-0.1, -0.05) is 6.92 Å². The second kappa shape index (κ2) is 8.65. The highest BCUT2D eigenvalue weighted by atomic mass is 16.5. The van der Waals surface area contributed by atoms with Gasteiger partial charge in [0.25, 0.3) is 0 Å². The van der Waals surface area contributed by atoms with Gasteiger partial charge in [-0.15, -0.1) is 0 Å². The van der Waals surface area contributed by atoms with Crippen molar-refractivity contribution in [3.63, 3.8) is 0 Å². The number of pyridine rings is 1. The van der Waals surface area contributed by atoms with Crippen LogP contribution in [0.2, 0.25) is 0 Å². The first-order valence-corrected chi connectivity index (χ1v) is 9.33. The van der Waals surface area contributed by atoms with Gasteiger partial charge in [0.2, 0.25) is 5.91 Å². The lowest BCUT2D eigenvalue weighted by Gasteiger charge is -2.07. The van der Waals surface area contributed by atoms with Gasteiger partial charge in [0.15, 0.2) is 11.4 Å². The minimum atomic E-state index is -0.223. The number of anilines is 1. The number of hydrogen-bond acceptors (Lipinski definition) is 5. The van der Waals surface area contributed by atoms with Crippen molar-refractivity contribution in [2.24, 2.45) is 7.05 Å². The van der Waals surface area contributed by atoms with E-state index in [-0.39, 0.29) is 24.5 Å². The van der Waals surface area contributed by atoms with Crippen LogP contribution in [0.4, 0.5) is 5.69 Å². The van der Waals surface area contributed by atoms with Crippen LogP contribution in [-0.2, 0) is 11.8 Å². The number of hydrogen-bond donors (Lipinski definition) is 1. The molecule has 0 saturated carbocycles. The fraction of sp³-hybridized carbons (Fsp3) is 0.333. The highest BCUT2D eigenvalue weighted by molar-refractivity contribution is 6.00. The summed E-state index contributed by atoms with van der Waals surface area (Å²) in [5.41, 5.74) is 2.78. The fourth-order valence-corrected chi connectivity index (χ4v) is 2.93. The van der Waals surface area contributed by atoms with Crippen LogP contribution in [0, 0.1) is 6.92 Å². The number of carbonyl (C=O) groups is 2. The number of carbonyl (C=O) groups excluding carboxylic acids is 2. The van der Waals surface area contributed by atoms with E-state index in [2.05, 4.69) is 15.4 Å². The monoisotopic (exact) mass is 380 g/mol. The number of nitrogens with one attached hydrogen (secondary N) is 1. The Morgan fingerprint density at radius 2 is 1.93 bits per heavy atom. The van der Waals surface area contributed by atoms with Gasteiger partial charge in [-0.25, -0.2) is 4.98 Å². The number of nitrogens with zero attached hydrogens (tertiary/aromatic N) is 3. The largest absolute Gasteiger partial charge is 0.494 e. The normalized spacial score (nSPS) is 10.8. The number of ether oxygens (including phenoxy) is 1. The third-order valence-corrected chi connectivity index (χ3v) is 4.38. The fourth-order valence-electron chi connectivity index (χ4n) is 2.93. The van der Waals surface area contributed by atoms with E-state index in [0.29, 0.717) is 17.9 Å². The maximum absolute atomic E-state index is 12.3. The quantitative estimate of drug-likeness (QED) is 0.603. The number of benzene rings is 1. The van der Waals surface area contributed by atoms with E-state index < -0.39 is 0 Å². The number of aromatic nitrogens is 3. The Hall–Kier alpha value is -3.22. The molecule has 7 nitrogen and oxygen atoms in total. The van der Waals surface area contributed by atoms with Gasteiger partial charge in [0, 0.05) is 30.8 Å². The smallest absolute Gasteiger partial charge is 0.224 e. The van der Waals surface area contributed by atoms with Gasteiger partial charge in [0.1, 0.15) is 5.75 Å². The lowest BCUT2D eigenvalue weighted by Crippen LogP contribution is -2.13. The third kappa shape index (κ3) is 4.54. The molecular formula is C21H24N4O3. The van der Waals surface area contributed by atoms with E-state index in [1.54, 1.807) is 35.1 Å². The first-order valence-electron chi connectivity index (χ1n) is 9.33. The average molecular weight is 380 g/mol. The van der Waals surface area contributed by atoms with E-state index in [0.717, 1.165) is 28.9 Å². The van der Waals surface area contributed by atoms with Crippen LogP contribution >= 0.6 is 0 Å². The molecule has 7 heteroatoms. The Bertz CT molecular complexity index is 993. The van der Waals surface area contributed by atoms with Crippen molar-refractivity contribution in [2.45, 2.75) is 33.1 Å². The van der Waals surface area contributed by atoms with Crippen molar-refractivity contribution >= 4 is 28.4 Å². The van der Waals surface area contributed by atoms with Crippen LogP contribution in [0.15, 0.2) is 36.5 Å². The van der Waals surface area contributed by atoms with Crippen molar-refractivity contribution in [3.8, 4) is 5.75 Å². The first-order chi connectivity index (χ1) is 13.5. The molecule has 0 bridgehead atoms. The van der Waals surface area contributed by atoms with E-state index in [9.17, 15) is 9.59 Å². The van der Waals surface area contributed by atoms with Gasteiger partial charge in [0.05, 0.1) is 24.2 Å². The zero-order valence-corrected chi connectivity index (χ0v) is 16.4. The zero-order chi connectivity index (χ0) is 20.1. The SMILES string of the molecule is CCCOc1ccc(C(=O)CCC(=O)Nc2cnc3c(c2)c(C)nn3C)cc1. The summed E-state index contributed by atoms with van der Waals surface area (Å²) >= 11 is 0. The first kappa shape index (κ1) is 19.5. The number of ketones is 1. The van der Waals surface area contributed by atoms with Gasteiger partial charge < -0.3 is 10.1 Å². The number of fused-ring (bicyclic) bond motifs is 1. The molecule has 2 aromatic heterocycles. The Morgan fingerprint density at radius 3 is 2.64 bits per heavy atom. The molecule has 3 rings (SSSR count). The predicted molar refractivity (Wildman–Crippen MR) is 108 cm³/mol. The maximum Gasteiger partial charge on any atom is 0.224 e. The summed E-state index contributed by atoms with van der Waals surface area (Å²) in [5, 5.41) is 8.00. The Kier molecular flexibility index (Phi) is 6.03. The van der Waals surface area contributed by atoms with E-state index in [4.69, 9.17) is 4.74 Å². The molecule has 1 amide bonds. The summed E-state index contributed by atoms with van der Waals surface area (Å²) in [6.45, 7) is 4.58. The van der Waals surface area contributed by atoms with Crippen LogP contribution in [0.1, 0.15) is 42.2 Å². The minimum Gasteiger partial charge on any atom is -0.494 e. The molecule has 1 N–H and O–H groups in total. The second-order valence-corrected chi connectivity index (χ2v) is 6.65.